The molecule has 4 rings (SSSR count). The van der Waals surface area contributed by atoms with E-state index in [2.05, 4.69) is 4.98 Å². The van der Waals surface area contributed by atoms with Crippen molar-refractivity contribution < 1.29 is 13.9 Å². The van der Waals surface area contributed by atoms with Gasteiger partial charge in [0, 0.05) is 0 Å². The maximum Gasteiger partial charge on any atom is 0.400 e. The van der Waals surface area contributed by atoms with Crippen molar-refractivity contribution in [1.82, 2.24) is 4.98 Å². The lowest BCUT2D eigenvalue weighted by Crippen LogP contribution is -1.97. The molecule has 0 N–H and O–H groups in total. The summed E-state index contributed by atoms with van der Waals surface area (Å²) in [5.74, 6) is 2.51. The second-order valence-corrected chi connectivity index (χ2v) is 5.96. The van der Waals surface area contributed by atoms with E-state index in [0.717, 1.165) is 35.8 Å². The summed E-state index contributed by atoms with van der Waals surface area (Å²) in [4.78, 5) is 4.29. The van der Waals surface area contributed by atoms with Gasteiger partial charge in [0.1, 0.15) is 17.0 Å². The summed E-state index contributed by atoms with van der Waals surface area (Å²) >= 11 is 0. The summed E-state index contributed by atoms with van der Waals surface area (Å²) in [5, 5.41) is 0. The van der Waals surface area contributed by atoms with Gasteiger partial charge in [-0.05, 0) is 55.2 Å². The zero-order valence-corrected chi connectivity index (χ0v) is 12.9. The van der Waals surface area contributed by atoms with E-state index < -0.39 is 0 Å². The number of nitrogens with zero attached hydrogens (tertiary/aromatic N) is 1. The van der Waals surface area contributed by atoms with Crippen LogP contribution in [-0.4, -0.2) is 11.6 Å². The van der Waals surface area contributed by atoms with Crippen LogP contribution in [0.2, 0.25) is 0 Å². The third kappa shape index (κ3) is 3.65. The standard InChI is InChI=1S/C19H19NO3/c1-2-6-18-17(5-1)20-19(23-18)22-16-11-9-15(10-12-16)21-13-3-4-14-7-8-14/h1-2,5-6,9-12,14H,3-4,7-8,13H2. The minimum atomic E-state index is 0.254. The van der Waals surface area contributed by atoms with E-state index in [1.807, 2.05) is 48.5 Å². The van der Waals surface area contributed by atoms with Gasteiger partial charge in [0.15, 0.2) is 5.58 Å². The average Bonchev–Trinajstić information content (AvgIpc) is 3.31. The zero-order chi connectivity index (χ0) is 15.5. The van der Waals surface area contributed by atoms with Gasteiger partial charge in [-0.1, -0.05) is 25.0 Å². The number of oxazole rings is 1. The number of para-hydroxylation sites is 2. The third-order valence-electron chi connectivity index (χ3n) is 4.03. The fourth-order valence-corrected chi connectivity index (χ4v) is 2.57. The van der Waals surface area contributed by atoms with Crippen molar-refractivity contribution in [2.24, 2.45) is 5.92 Å². The summed E-state index contributed by atoms with van der Waals surface area (Å²) in [6.45, 7) is 0.780. The van der Waals surface area contributed by atoms with Gasteiger partial charge in [-0.3, -0.25) is 0 Å². The molecule has 1 fully saturated rings. The van der Waals surface area contributed by atoms with E-state index in [1.54, 1.807) is 0 Å². The lowest BCUT2D eigenvalue weighted by atomic mass is 10.2. The van der Waals surface area contributed by atoms with Crippen LogP contribution in [0.3, 0.4) is 0 Å². The highest BCUT2D eigenvalue weighted by atomic mass is 16.6. The summed E-state index contributed by atoms with van der Waals surface area (Å²) < 4.78 is 16.9. The fourth-order valence-electron chi connectivity index (χ4n) is 2.57. The highest BCUT2D eigenvalue weighted by Gasteiger charge is 2.20. The number of fused-ring (bicyclic) bond motifs is 1. The molecule has 0 unspecified atom stereocenters. The molecule has 0 aliphatic heterocycles. The number of hydrogen-bond donors (Lipinski definition) is 0. The fraction of sp³-hybridized carbons (Fsp3) is 0.316. The Bertz CT molecular complexity index is 742. The quantitative estimate of drug-likeness (QED) is 0.563. The van der Waals surface area contributed by atoms with Crippen LogP contribution >= 0.6 is 0 Å². The maximum absolute atomic E-state index is 5.74. The Labute approximate surface area is 135 Å². The summed E-state index contributed by atoms with van der Waals surface area (Å²) in [5.41, 5.74) is 1.51. The van der Waals surface area contributed by atoms with E-state index in [9.17, 15) is 0 Å². The van der Waals surface area contributed by atoms with Crippen molar-refractivity contribution >= 4 is 11.1 Å². The van der Waals surface area contributed by atoms with Crippen LogP contribution in [0.1, 0.15) is 25.7 Å². The summed E-state index contributed by atoms with van der Waals surface area (Å²) in [7, 11) is 0. The Balaban J connectivity index is 1.33. The highest BCUT2D eigenvalue weighted by Crippen LogP contribution is 2.33. The molecule has 1 heterocycles. The largest absolute Gasteiger partial charge is 0.494 e. The van der Waals surface area contributed by atoms with Gasteiger partial charge < -0.3 is 13.9 Å². The molecule has 3 aromatic rings. The van der Waals surface area contributed by atoms with Gasteiger partial charge in [0.2, 0.25) is 0 Å². The van der Waals surface area contributed by atoms with Gasteiger partial charge in [0.25, 0.3) is 0 Å². The average molecular weight is 309 g/mol. The van der Waals surface area contributed by atoms with Crippen molar-refractivity contribution in [3.8, 4) is 17.6 Å². The van der Waals surface area contributed by atoms with Gasteiger partial charge in [-0.25, -0.2) is 0 Å². The Morgan fingerprint density at radius 3 is 2.57 bits per heavy atom. The number of benzene rings is 2. The predicted octanol–water partition coefficient (Wildman–Crippen LogP) is 5.19. The minimum absolute atomic E-state index is 0.254. The number of rotatable bonds is 7. The molecule has 0 radical (unpaired) electrons. The monoisotopic (exact) mass is 309 g/mol. The van der Waals surface area contributed by atoms with Crippen molar-refractivity contribution in [1.29, 1.82) is 0 Å². The topological polar surface area (TPSA) is 44.5 Å². The molecule has 1 saturated carbocycles. The summed E-state index contributed by atoms with van der Waals surface area (Å²) in [6, 6.07) is 15.1. The second-order valence-electron chi connectivity index (χ2n) is 5.96. The van der Waals surface area contributed by atoms with Crippen LogP contribution in [0, 0.1) is 5.92 Å². The molecule has 1 aromatic heterocycles. The lowest BCUT2D eigenvalue weighted by molar-refractivity contribution is 0.302. The van der Waals surface area contributed by atoms with Crippen LogP contribution in [0.4, 0.5) is 0 Å². The smallest absolute Gasteiger partial charge is 0.400 e. The Morgan fingerprint density at radius 1 is 1.00 bits per heavy atom. The maximum atomic E-state index is 5.74. The molecule has 1 aliphatic rings. The molecule has 0 bridgehead atoms. The Hall–Kier alpha value is -2.49. The minimum Gasteiger partial charge on any atom is -0.494 e. The molecule has 23 heavy (non-hydrogen) atoms. The second kappa shape index (κ2) is 6.32. The summed E-state index contributed by atoms with van der Waals surface area (Å²) in [6.07, 6.45) is 5.48. The predicted molar refractivity (Wildman–Crippen MR) is 88.0 cm³/mol. The molecule has 0 saturated heterocycles. The normalized spacial score (nSPS) is 14.1. The van der Waals surface area contributed by atoms with Crippen LogP contribution in [0.25, 0.3) is 11.1 Å². The van der Waals surface area contributed by atoms with E-state index in [0.29, 0.717) is 5.75 Å². The van der Waals surface area contributed by atoms with Crippen LogP contribution < -0.4 is 9.47 Å². The van der Waals surface area contributed by atoms with E-state index in [1.165, 1.54) is 19.3 Å². The number of hydrogen-bond acceptors (Lipinski definition) is 4. The molecule has 118 valence electrons. The first-order valence-corrected chi connectivity index (χ1v) is 8.13. The molecular weight excluding hydrogens is 290 g/mol. The number of aromatic nitrogens is 1. The molecular formula is C19H19NO3. The number of ether oxygens (including phenoxy) is 2. The van der Waals surface area contributed by atoms with Gasteiger partial charge in [-0.2, -0.15) is 4.98 Å². The first kappa shape index (κ1) is 14.1. The van der Waals surface area contributed by atoms with Gasteiger partial charge in [0.05, 0.1) is 6.61 Å². The van der Waals surface area contributed by atoms with Crippen LogP contribution in [0.15, 0.2) is 52.9 Å². The van der Waals surface area contributed by atoms with Crippen molar-refractivity contribution in [2.75, 3.05) is 6.61 Å². The van der Waals surface area contributed by atoms with Crippen LogP contribution in [-0.2, 0) is 0 Å². The SMILES string of the molecule is c1ccc2oc(Oc3ccc(OCCCC4CC4)cc3)nc2c1. The molecule has 4 heteroatoms. The molecule has 2 aromatic carbocycles. The van der Waals surface area contributed by atoms with E-state index in [4.69, 9.17) is 13.9 Å². The van der Waals surface area contributed by atoms with E-state index in [-0.39, 0.29) is 6.08 Å². The third-order valence-corrected chi connectivity index (χ3v) is 4.03. The molecule has 1 aliphatic carbocycles. The first-order valence-electron chi connectivity index (χ1n) is 8.13. The van der Waals surface area contributed by atoms with Crippen molar-refractivity contribution in [3.05, 3.63) is 48.5 Å². The lowest BCUT2D eigenvalue weighted by Gasteiger charge is -2.06. The molecule has 0 amide bonds. The van der Waals surface area contributed by atoms with Crippen molar-refractivity contribution in [3.63, 3.8) is 0 Å². The molecule has 0 spiro atoms. The zero-order valence-electron chi connectivity index (χ0n) is 12.9. The molecule has 0 atom stereocenters. The highest BCUT2D eigenvalue weighted by molar-refractivity contribution is 5.72. The Kier molecular flexibility index (Phi) is 3.88. The van der Waals surface area contributed by atoms with Crippen LogP contribution in [0.5, 0.6) is 17.6 Å². The first-order chi connectivity index (χ1) is 11.4. The Morgan fingerprint density at radius 2 is 1.78 bits per heavy atom. The van der Waals surface area contributed by atoms with Gasteiger partial charge >= 0.3 is 6.08 Å². The van der Waals surface area contributed by atoms with Gasteiger partial charge in [-0.15, -0.1) is 0 Å². The van der Waals surface area contributed by atoms with E-state index >= 15 is 0 Å². The van der Waals surface area contributed by atoms with Crippen molar-refractivity contribution in [2.45, 2.75) is 25.7 Å². The molecule has 4 nitrogen and oxygen atoms in total.